The predicted octanol–water partition coefficient (Wildman–Crippen LogP) is 1.31. The van der Waals surface area contributed by atoms with Gasteiger partial charge in [0.1, 0.15) is 0 Å². The zero-order chi connectivity index (χ0) is 16.0. The van der Waals surface area contributed by atoms with E-state index in [0.717, 1.165) is 10.6 Å². The average molecular weight is 309 g/mol. The first-order chi connectivity index (χ1) is 11.2. The molecule has 23 heavy (non-hydrogen) atoms. The quantitative estimate of drug-likeness (QED) is 0.666. The van der Waals surface area contributed by atoms with Crippen LogP contribution in [0.1, 0.15) is 12.8 Å². The van der Waals surface area contributed by atoms with Crippen LogP contribution < -0.4 is 10.6 Å². The van der Waals surface area contributed by atoms with E-state index in [9.17, 15) is 9.59 Å². The summed E-state index contributed by atoms with van der Waals surface area (Å²) in [5.41, 5.74) is 6.63. The SMILES string of the molecule is Nc1nc(N2C(=O)[C@H]3CC=CC[C@H]3C2=O)nn1-c1ccccc1. The van der Waals surface area contributed by atoms with Gasteiger partial charge in [-0.1, -0.05) is 30.4 Å². The zero-order valence-corrected chi connectivity index (χ0v) is 12.3. The van der Waals surface area contributed by atoms with Crippen molar-refractivity contribution in [1.29, 1.82) is 0 Å². The number of hydrogen-bond donors (Lipinski definition) is 1. The van der Waals surface area contributed by atoms with Gasteiger partial charge in [-0.05, 0) is 25.0 Å². The molecule has 0 bridgehead atoms. The summed E-state index contributed by atoms with van der Waals surface area (Å²) >= 11 is 0. The fourth-order valence-electron chi connectivity index (χ4n) is 3.16. The third-order valence-corrected chi connectivity index (χ3v) is 4.33. The van der Waals surface area contributed by atoms with Crippen molar-refractivity contribution in [3.63, 3.8) is 0 Å². The van der Waals surface area contributed by atoms with Gasteiger partial charge in [0, 0.05) is 0 Å². The van der Waals surface area contributed by atoms with Crippen LogP contribution in [0.2, 0.25) is 0 Å². The Balaban J connectivity index is 1.72. The lowest BCUT2D eigenvalue weighted by Crippen LogP contribution is -2.32. The molecule has 0 radical (unpaired) electrons. The Morgan fingerprint density at radius 1 is 1.00 bits per heavy atom. The van der Waals surface area contributed by atoms with Gasteiger partial charge in [0.25, 0.3) is 5.95 Å². The molecule has 4 rings (SSSR count). The Kier molecular flexibility index (Phi) is 3.00. The number of amides is 2. The summed E-state index contributed by atoms with van der Waals surface area (Å²) in [5.74, 6) is -0.908. The Bertz CT molecular complexity index is 785. The molecule has 2 atom stereocenters. The van der Waals surface area contributed by atoms with E-state index in [0.29, 0.717) is 12.8 Å². The lowest BCUT2D eigenvalue weighted by atomic mass is 9.85. The molecule has 2 N–H and O–H groups in total. The van der Waals surface area contributed by atoms with Gasteiger partial charge in [-0.25, -0.2) is 4.90 Å². The molecule has 2 aromatic rings. The van der Waals surface area contributed by atoms with Crippen LogP contribution in [0.3, 0.4) is 0 Å². The van der Waals surface area contributed by atoms with E-state index in [1.165, 1.54) is 4.68 Å². The number of hydrogen-bond acceptors (Lipinski definition) is 5. The molecule has 2 heterocycles. The number of aromatic nitrogens is 3. The highest BCUT2D eigenvalue weighted by atomic mass is 16.2. The topological polar surface area (TPSA) is 94.1 Å². The van der Waals surface area contributed by atoms with Crippen LogP contribution in [0.4, 0.5) is 11.9 Å². The monoisotopic (exact) mass is 309 g/mol. The lowest BCUT2D eigenvalue weighted by molar-refractivity contribution is -0.122. The van der Waals surface area contributed by atoms with Crippen LogP contribution in [0.5, 0.6) is 0 Å². The number of nitrogen functional groups attached to an aromatic ring is 1. The molecule has 0 saturated carbocycles. The molecule has 116 valence electrons. The van der Waals surface area contributed by atoms with E-state index in [-0.39, 0.29) is 35.5 Å². The summed E-state index contributed by atoms with van der Waals surface area (Å²) in [4.78, 5) is 30.3. The van der Waals surface area contributed by atoms with E-state index in [1.54, 1.807) is 0 Å². The first kappa shape index (κ1) is 13.7. The molecule has 1 aliphatic heterocycles. The lowest BCUT2D eigenvalue weighted by Gasteiger charge is -2.14. The second kappa shape index (κ2) is 5.05. The number of imide groups is 1. The summed E-state index contributed by atoms with van der Waals surface area (Å²) < 4.78 is 1.43. The van der Waals surface area contributed by atoms with Gasteiger partial charge in [0.05, 0.1) is 17.5 Å². The number of nitrogens with zero attached hydrogens (tertiary/aromatic N) is 4. The van der Waals surface area contributed by atoms with Crippen LogP contribution in [0.15, 0.2) is 42.5 Å². The molecule has 1 saturated heterocycles. The number of nitrogens with two attached hydrogens (primary N) is 1. The van der Waals surface area contributed by atoms with Gasteiger partial charge >= 0.3 is 0 Å². The van der Waals surface area contributed by atoms with Crippen LogP contribution in [-0.4, -0.2) is 26.6 Å². The molecule has 7 nitrogen and oxygen atoms in total. The highest BCUT2D eigenvalue weighted by Gasteiger charge is 2.49. The molecular formula is C16H15N5O2. The average Bonchev–Trinajstić information content (AvgIpc) is 3.07. The fourth-order valence-corrected chi connectivity index (χ4v) is 3.16. The van der Waals surface area contributed by atoms with E-state index in [2.05, 4.69) is 10.1 Å². The summed E-state index contributed by atoms with van der Waals surface area (Å²) in [7, 11) is 0. The van der Waals surface area contributed by atoms with Gasteiger partial charge < -0.3 is 5.73 Å². The molecular weight excluding hydrogens is 294 g/mol. The molecule has 1 aliphatic carbocycles. The Morgan fingerprint density at radius 3 is 2.22 bits per heavy atom. The van der Waals surface area contributed by atoms with Gasteiger partial charge in [0.15, 0.2) is 0 Å². The maximum atomic E-state index is 12.5. The first-order valence-electron chi connectivity index (χ1n) is 7.47. The van der Waals surface area contributed by atoms with Crippen molar-refractivity contribution in [1.82, 2.24) is 14.8 Å². The van der Waals surface area contributed by atoms with Gasteiger partial charge in [-0.3, -0.25) is 9.59 Å². The van der Waals surface area contributed by atoms with Crippen molar-refractivity contribution in [2.24, 2.45) is 11.8 Å². The molecule has 2 aliphatic rings. The van der Waals surface area contributed by atoms with E-state index >= 15 is 0 Å². The van der Waals surface area contributed by atoms with Crippen molar-refractivity contribution in [2.75, 3.05) is 10.6 Å². The first-order valence-corrected chi connectivity index (χ1v) is 7.47. The van der Waals surface area contributed by atoms with Crippen molar-refractivity contribution >= 4 is 23.7 Å². The second-order valence-electron chi connectivity index (χ2n) is 5.69. The molecule has 0 unspecified atom stereocenters. The minimum atomic E-state index is -0.308. The fraction of sp³-hybridized carbons (Fsp3) is 0.250. The molecule has 2 amide bonds. The summed E-state index contributed by atoms with van der Waals surface area (Å²) in [6, 6.07) is 9.23. The van der Waals surface area contributed by atoms with Crippen molar-refractivity contribution in [2.45, 2.75) is 12.8 Å². The largest absolute Gasteiger partial charge is 0.368 e. The third kappa shape index (κ3) is 2.04. The summed E-state index contributed by atoms with van der Waals surface area (Å²) in [6.07, 6.45) is 5.06. The highest BCUT2D eigenvalue weighted by Crippen LogP contribution is 2.36. The number of benzene rings is 1. The number of allylic oxidation sites excluding steroid dienone is 2. The van der Waals surface area contributed by atoms with Gasteiger partial charge in [-0.15, -0.1) is 5.10 Å². The summed E-state index contributed by atoms with van der Waals surface area (Å²) in [5, 5.41) is 4.27. The Hall–Kier alpha value is -2.96. The second-order valence-corrected chi connectivity index (χ2v) is 5.69. The molecule has 0 spiro atoms. The van der Waals surface area contributed by atoms with E-state index < -0.39 is 0 Å². The van der Waals surface area contributed by atoms with Crippen LogP contribution in [0, 0.1) is 11.8 Å². The van der Waals surface area contributed by atoms with Crippen LogP contribution in [0.25, 0.3) is 5.69 Å². The highest BCUT2D eigenvalue weighted by molar-refractivity contribution is 6.21. The van der Waals surface area contributed by atoms with E-state index in [4.69, 9.17) is 5.73 Å². The molecule has 1 aromatic carbocycles. The molecule has 1 aromatic heterocycles. The van der Waals surface area contributed by atoms with Crippen molar-refractivity contribution < 1.29 is 9.59 Å². The minimum Gasteiger partial charge on any atom is -0.368 e. The summed E-state index contributed by atoms with van der Waals surface area (Å²) in [6.45, 7) is 0. The number of fused-ring (bicyclic) bond motifs is 1. The molecule has 7 heteroatoms. The third-order valence-electron chi connectivity index (χ3n) is 4.33. The maximum Gasteiger partial charge on any atom is 0.260 e. The Morgan fingerprint density at radius 2 is 1.61 bits per heavy atom. The number of carbonyl (C=O) groups excluding carboxylic acids is 2. The minimum absolute atomic E-state index is 0.0516. The number of rotatable bonds is 2. The van der Waals surface area contributed by atoms with Crippen LogP contribution >= 0.6 is 0 Å². The Labute approximate surface area is 132 Å². The smallest absolute Gasteiger partial charge is 0.260 e. The van der Waals surface area contributed by atoms with Crippen molar-refractivity contribution in [3.05, 3.63) is 42.5 Å². The zero-order valence-electron chi connectivity index (χ0n) is 12.3. The molecule has 1 fully saturated rings. The number of anilines is 2. The normalized spacial score (nSPS) is 23.4. The van der Waals surface area contributed by atoms with Crippen LogP contribution in [-0.2, 0) is 9.59 Å². The standard InChI is InChI=1S/C16H15N5O2/c17-15-18-16(19-21(15)10-6-2-1-3-7-10)20-13(22)11-8-4-5-9-12(11)14(20)23/h1-7,11-12H,8-9H2,(H2,17,18,19)/t11-,12+. The van der Waals surface area contributed by atoms with Gasteiger partial charge in [-0.2, -0.15) is 9.67 Å². The van der Waals surface area contributed by atoms with E-state index in [1.807, 2.05) is 42.5 Å². The maximum absolute atomic E-state index is 12.5. The van der Waals surface area contributed by atoms with Crippen molar-refractivity contribution in [3.8, 4) is 5.69 Å². The van der Waals surface area contributed by atoms with Gasteiger partial charge in [0.2, 0.25) is 17.8 Å². The predicted molar refractivity (Wildman–Crippen MR) is 83.6 cm³/mol. The number of carbonyl (C=O) groups is 2. The number of para-hydroxylation sites is 1.